The molecule has 1 saturated carbocycles. The highest BCUT2D eigenvalue weighted by Gasteiger charge is 2.26. The van der Waals surface area contributed by atoms with Gasteiger partial charge in [0.05, 0.1) is 23.0 Å². The zero-order chi connectivity index (χ0) is 17.9. The number of anilines is 1. The number of rotatable bonds is 6. The van der Waals surface area contributed by atoms with E-state index in [1.165, 1.54) is 17.8 Å². The van der Waals surface area contributed by atoms with Crippen LogP contribution >= 0.6 is 11.3 Å². The summed E-state index contributed by atoms with van der Waals surface area (Å²) in [6.07, 6.45) is 2.52. The van der Waals surface area contributed by atoms with Gasteiger partial charge in [-0.2, -0.15) is 0 Å². The molecule has 0 spiro atoms. The van der Waals surface area contributed by atoms with Crippen LogP contribution in [0.3, 0.4) is 0 Å². The lowest BCUT2D eigenvalue weighted by Crippen LogP contribution is -2.12. The van der Waals surface area contributed by atoms with Crippen molar-refractivity contribution < 1.29 is 9.53 Å². The van der Waals surface area contributed by atoms with Crippen molar-refractivity contribution in [3.05, 3.63) is 64.5 Å². The van der Waals surface area contributed by atoms with E-state index >= 15 is 0 Å². The number of benzene rings is 2. The van der Waals surface area contributed by atoms with E-state index in [2.05, 4.69) is 10.7 Å². The van der Waals surface area contributed by atoms with E-state index in [1.54, 1.807) is 11.3 Å². The quantitative estimate of drug-likeness (QED) is 0.642. The molecule has 1 amide bonds. The van der Waals surface area contributed by atoms with Crippen molar-refractivity contribution in [1.82, 2.24) is 4.98 Å². The second-order valence-corrected chi connectivity index (χ2v) is 7.20. The molecule has 0 aliphatic heterocycles. The number of carbonyl (C=O) groups is 1. The highest BCUT2D eigenvalue weighted by atomic mass is 32.1. The number of aromatic nitrogens is 1. The first-order chi connectivity index (χ1) is 12.7. The SMILES string of the molecule is CCOc1ccccc1NC(=O)c1ccc(-c2csc(C3CC3)n2)cc1. The summed E-state index contributed by atoms with van der Waals surface area (Å²) in [5.41, 5.74) is 3.32. The zero-order valence-electron chi connectivity index (χ0n) is 14.6. The van der Waals surface area contributed by atoms with Crippen molar-refractivity contribution in [1.29, 1.82) is 0 Å². The third kappa shape index (κ3) is 3.63. The molecule has 132 valence electrons. The number of nitrogens with one attached hydrogen (secondary N) is 1. The number of carbonyl (C=O) groups excluding carboxylic acids is 1. The summed E-state index contributed by atoms with van der Waals surface area (Å²) >= 11 is 1.73. The van der Waals surface area contributed by atoms with Gasteiger partial charge >= 0.3 is 0 Å². The fourth-order valence-corrected chi connectivity index (χ4v) is 3.78. The van der Waals surface area contributed by atoms with Crippen LogP contribution in [0.15, 0.2) is 53.9 Å². The van der Waals surface area contributed by atoms with Gasteiger partial charge in [0.2, 0.25) is 0 Å². The Morgan fingerprint density at radius 2 is 1.96 bits per heavy atom. The van der Waals surface area contributed by atoms with Crippen molar-refractivity contribution in [3.8, 4) is 17.0 Å². The second kappa shape index (κ2) is 7.30. The normalized spacial score (nSPS) is 13.4. The van der Waals surface area contributed by atoms with Crippen LogP contribution in [-0.4, -0.2) is 17.5 Å². The summed E-state index contributed by atoms with van der Waals surface area (Å²) in [5.74, 6) is 1.19. The van der Waals surface area contributed by atoms with Crippen LogP contribution in [0.5, 0.6) is 5.75 Å². The Labute approximate surface area is 156 Å². The molecule has 0 atom stereocenters. The lowest BCUT2D eigenvalue weighted by atomic mass is 10.1. The lowest BCUT2D eigenvalue weighted by Gasteiger charge is -2.11. The highest BCUT2D eigenvalue weighted by Crippen LogP contribution is 2.42. The number of ether oxygens (including phenoxy) is 1. The average Bonchev–Trinajstić information content (AvgIpc) is 3.40. The van der Waals surface area contributed by atoms with Crippen LogP contribution in [0.25, 0.3) is 11.3 Å². The fourth-order valence-electron chi connectivity index (χ4n) is 2.78. The van der Waals surface area contributed by atoms with E-state index in [0.717, 1.165) is 11.3 Å². The summed E-state index contributed by atoms with van der Waals surface area (Å²) in [6, 6.07) is 15.0. The number of para-hydroxylation sites is 2. The van der Waals surface area contributed by atoms with Gasteiger partial charge in [0.15, 0.2) is 0 Å². The molecule has 1 aromatic heterocycles. The van der Waals surface area contributed by atoms with Crippen LogP contribution in [0.1, 0.15) is 41.0 Å². The average molecular weight is 364 g/mol. The predicted molar refractivity (Wildman–Crippen MR) is 105 cm³/mol. The zero-order valence-corrected chi connectivity index (χ0v) is 15.4. The molecule has 26 heavy (non-hydrogen) atoms. The number of nitrogens with zero attached hydrogens (tertiary/aromatic N) is 1. The molecule has 5 heteroatoms. The Kier molecular flexibility index (Phi) is 4.71. The minimum Gasteiger partial charge on any atom is -0.492 e. The summed E-state index contributed by atoms with van der Waals surface area (Å²) < 4.78 is 5.56. The topological polar surface area (TPSA) is 51.2 Å². The monoisotopic (exact) mass is 364 g/mol. The third-order valence-electron chi connectivity index (χ3n) is 4.33. The molecule has 1 fully saturated rings. The van der Waals surface area contributed by atoms with Crippen LogP contribution in [0.4, 0.5) is 5.69 Å². The Hall–Kier alpha value is -2.66. The van der Waals surface area contributed by atoms with Gasteiger partial charge in [-0.05, 0) is 44.0 Å². The molecule has 0 bridgehead atoms. The van der Waals surface area contributed by atoms with Crippen molar-refractivity contribution in [2.45, 2.75) is 25.7 Å². The minimum atomic E-state index is -0.152. The van der Waals surface area contributed by atoms with Crippen molar-refractivity contribution in [3.63, 3.8) is 0 Å². The van der Waals surface area contributed by atoms with Crippen molar-refractivity contribution >= 4 is 22.9 Å². The van der Waals surface area contributed by atoms with Gasteiger partial charge in [0.1, 0.15) is 5.75 Å². The molecule has 4 rings (SSSR count). The van der Waals surface area contributed by atoms with Gasteiger partial charge in [-0.1, -0.05) is 24.3 Å². The maximum absolute atomic E-state index is 12.5. The van der Waals surface area contributed by atoms with Crippen LogP contribution in [0, 0.1) is 0 Å². The maximum Gasteiger partial charge on any atom is 0.255 e. The lowest BCUT2D eigenvalue weighted by molar-refractivity contribution is 0.102. The van der Waals surface area contributed by atoms with Gasteiger partial charge in [-0.25, -0.2) is 4.98 Å². The van der Waals surface area contributed by atoms with E-state index < -0.39 is 0 Å². The van der Waals surface area contributed by atoms with Gasteiger partial charge in [-0.3, -0.25) is 4.79 Å². The number of thiazole rings is 1. The predicted octanol–water partition coefficient (Wildman–Crippen LogP) is 5.34. The Morgan fingerprint density at radius 3 is 2.69 bits per heavy atom. The molecule has 0 saturated heterocycles. The molecule has 0 radical (unpaired) electrons. The smallest absolute Gasteiger partial charge is 0.255 e. The summed E-state index contributed by atoms with van der Waals surface area (Å²) in [6.45, 7) is 2.47. The van der Waals surface area contributed by atoms with E-state index in [4.69, 9.17) is 9.72 Å². The van der Waals surface area contributed by atoms with E-state index in [0.29, 0.717) is 29.5 Å². The molecular weight excluding hydrogens is 344 g/mol. The van der Waals surface area contributed by atoms with Gasteiger partial charge in [-0.15, -0.1) is 11.3 Å². The number of hydrogen-bond acceptors (Lipinski definition) is 4. The molecule has 1 aliphatic carbocycles. The minimum absolute atomic E-state index is 0.152. The first-order valence-corrected chi connectivity index (χ1v) is 9.71. The molecule has 1 heterocycles. The Balaban J connectivity index is 1.48. The van der Waals surface area contributed by atoms with Gasteiger partial charge in [0.25, 0.3) is 5.91 Å². The van der Waals surface area contributed by atoms with E-state index in [1.807, 2.05) is 55.5 Å². The Morgan fingerprint density at radius 1 is 1.19 bits per heavy atom. The van der Waals surface area contributed by atoms with Crippen LogP contribution in [-0.2, 0) is 0 Å². The number of amides is 1. The third-order valence-corrected chi connectivity index (χ3v) is 5.33. The summed E-state index contributed by atoms with van der Waals surface area (Å²) in [5, 5.41) is 6.25. The first kappa shape index (κ1) is 16.8. The summed E-state index contributed by atoms with van der Waals surface area (Å²) in [7, 11) is 0. The van der Waals surface area contributed by atoms with Gasteiger partial charge in [0, 0.05) is 22.4 Å². The molecule has 0 unspecified atom stereocenters. The molecular formula is C21H20N2O2S. The van der Waals surface area contributed by atoms with Crippen molar-refractivity contribution in [2.24, 2.45) is 0 Å². The number of hydrogen-bond donors (Lipinski definition) is 1. The molecule has 1 N–H and O–H groups in total. The second-order valence-electron chi connectivity index (χ2n) is 6.31. The molecule has 1 aliphatic rings. The van der Waals surface area contributed by atoms with Gasteiger partial charge < -0.3 is 10.1 Å². The highest BCUT2D eigenvalue weighted by molar-refractivity contribution is 7.10. The van der Waals surface area contributed by atoms with E-state index in [-0.39, 0.29) is 5.91 Å². The molecule has 4 nitrogen and oxygen atoms in total. The first-order valence-electron chi connectivity index (χ1n) is 8.83. The van der Waals surface area contributed by atoms with Crippen LogP contribution < -0.4 is 10.1 Å². The Bertz CT molecular complexity index is 914. The molecule has 2 aromatic carbocycles. The fraction of sp³-hybridized carbons (Fsp3) is 0.238. The van der Waals surface area contributed by atoms with E-state index in [9.17, 15) is 4.79 Å². The largest absolute Gasteiger partial charge is 0.492 e. The molecule has 3 aromatic rings. The van der Waals surface area contributed by atoms with Crippen molar-refractivity contribution in [2.75, 3.05) is 11.9 Å². The summed E-state index contributed by atoms with van der Waals surface area (Å²) in [4.78, 5) is 17.3. The standard InChI is InChI=1S/C21H20N2O2S/c1-2-25-19-6-4-3-5-17(19)22-20(24)15-9-7-14(8-10-15)18-13-26-21(23-18)16-11-12-16/h3-10,13,16H,2,11-12H2,1H3,(H,22,24). The maximum atomic E-state index is 12.5. The van der Waals surface area contributed by atoms with Crippen LogP contribution in [0.2, 0.25) is 0 Å².